The molecule has 40 heavy (non-hydrogen) atoms. The zero-order valence-electron chi connectivity index (χ0n) is 23.3. The van der Waals surface area contributed by atoms with E-state index in [1.165, 1.54) is 6.42 Å². The molecule has 1 aromatic rings. The van der Waals surface area contributed by atoms with E-state index in [-0.39, 0.29) is 42.3 Å². The summed E-state index contributed by atoms with van der Waals surface area (Å²) >= 11 is 1.64. The van der Waals surface area contributed by atoms with Crippen LogP contribution in [0.1, 0.15) is 69.4 Å². The smallest absolute Gasteiger partial charge is 0.310 e. The second-order valence-corrected chi connectivity index (χ2v) is 13.2. The van der Waals surface area contributed by atoms with E-state index in [9.17, 15) is 19.5 Å². The van der Waals surface area contributed by atoms with Crippen LogP contribution in [0.25, 0.3) is 0 Å². The molecule has 4 fully saturated rings. The molecule has 1 aliphatic carbocycles. The molecule has 2 unspecified atom stereocenters. The molecule has 1 N–H and O–H groups in total. The Hall–Kier alpha value is -2.58. The van der Waals surface area contributed by atoms with Crippen LogP contribution in [0.5, 0.6) is 0 Å². The Labute approximate surface area is 242 Å². The molecule has 0 aromatic heterocycles. The fraction of sp³-hybridized carbons (Fsp3) is 0.594. The summed E-state index contributed by atoms with van der Waals surface area (Å²) in [5.74, 6) is -1.87. The van der Waals surface area contributed by atoms with E-state index in [0.29, 0.717) is 19.4 Å². The van der Waals surface area contributed by atoms with E-state index in [4.69, 9.17) is 4.74 Å². The van der Waals surface area contributed by atoms with Gasteiger partial charge in [0, 0.05) is 17.8 Å². The van der Waals surface area contributed by atoms with Gasteiger partial charge in [-0.25, -0.2) is 0 Å². The highest BCUT2D eigenvalue weighted by atomic mass is 32.2. The van der Waals surface area contributed by atoms with Crippen LogP contribution < -0.4 is 0 Å². The largest absolute Gasteiger partial charge is 0.465 e. The van der Waals surface area contributed by atoms with Gasteiger partial charge in [0.25, 0.3) is 0 Å². The maximum Gasteiger partial charge on any atom is 0.310 e. The lowest BCUT2D eigenvalue weighted by molar-refractivity contribution is -0.154. The molecule has 5 rings (SSSR count). The number of esters is 1. The molecule has 1 spiro atoms. The first-order valence-electron chi connectivity index (χ1n) is 14.8. The van der Waals surface area contributed by atoms with Gasteiger partial charge >= 0.3 is 5.97 Å². The lowest BCUT2D eigenvalue weighted by atomic mass is 9.71. The lowest BCUT2D eigenvalue weighted by Gasteiger charge is -2.42. The first-order chi connectivity index (χ1) is 19.5. The van der Waals surface area contributed by atoms with E-state index in [0.717, 1.165) is 44.1 Å². The third kappa shape index (κ3) is 5.02. The molecule has 2 bridgehead atoms. The van der Waals surface area contributed by atoms with Gasteiger partial charge in [-0.2, -0.15) is 0 Å². The number of carbonyl (C=O) groups is 3. The third-order valence-electron chi connectivity index (χ3n) is 9.36. The van der Waals surface area contributed by atoms with Gasteiger partial charge < -0.3 is 19.6 Å². The number of fused-ring (bicyclic) bond motifs is 1. The zero-order valence-corrected chi connectivity index (χ0v) is 24.1. The van der Waals surface area contributed by atoms with E-state index in [1.807, 2.05) is 35.2 Å². The number of ether oxygens (including phenoxy) is 1. The topological polar surface area (TPSA) is 87.2 Å². The number of nitrogens with zero attached hydrogens (tertiary/aromatic N) is 2. The van der Waals surface area contributed by atoms with Crippen molar-refractivity contribution in [3.8, 4) is 0 Å². The summed E-state index contributed by atoms with van der Waals surface area (Å²) in [4.78, 5) is 46.3. The predicted molar refractivity (Wildman–Crippen MR) is 156 cm³/mol. The minimum Gasteiger partial charge on any atom is -0.465 e. The summed E-state index contributed by atoms with van der Waals surface area (Å²) in [6, 6.07) is 8.09. The summed E-state index contributed by atoms with van der Waals surface area (Å²) in [6.45, 7) is 8.06. The maximum absolute atomic E-state index is 14.8. The van der Waals surface area contributed by atoms with Crippen molar-refractivity contribution in [1.82, 2.24) is 9.80 Å². The number of aliphatic hydroxyl groups excluding tert-OH is 1. The summed E-state index contributed by atoms with van der Waals surface area (Å²) in [5.41, 5.74) is 0.781. The fourth-order valence-electron chi connectivity index (χ4n) is 7.61. The van der Waals surface area contributed by atoms with E-state index in [2.05, 4.69) is 13.2 Å². The zero-order chi connectivity index (χ0) is 28.3. The fourth-order valence-corrected chi connectivity index (χ4v) is 9.80. The third-order valence-corrected chi connectivity index (χ3v) is 11.3. The maximum atomic E-state index is 14.8. The van der Waals surface area contributed by atoms with Crippen LogP contribution in [0.2, 0.25) is 0 Å². The first kappa shape index (κ1) is 28.9. The summed E-state index contributed by atoms with van der Waals surface area (Å²) in [5, 5.41) is 10.6. The highest BCUT2D eigenvalue weighted by molar-refractivity contribution is 8.02. The van der Waals surface area contributed by atoms with Crippen molar-refractivity contribution >= 4 is 29.5 Å². The Morgan fingerprint density at radius 1 is 1.15 bits per heavy atom. The Bertz CT molecular complexity index is 1110. The van der Waals surface area contributed by atoms with Crippen LogP contribution in [0.15, 0.2) is 55.6 Å². The standard InChI is InChI=1S/C32H42N2O5S/c1-3-5-12-20-39-31(38)26-25-17-18-32(40-25)27(26)29(36)34(24(21-35)22-13-8-6-9-14-22)28(32)30(37)33(19-4-2)23-15-10-7-11-16-23/h3-4,6,8-9,13-14,23-28,35H,1-2,5,7,10-12,15-21H2/t24-,25+,26-,27+,28?,32?/m1/s1. The number of carbonyl (C=O) groups excluding carboxylic acids is 3. The van der Waals surface area contributed by atoms with Gasteiger partial charge in [0.05, 0.1) is 35.8 Å². The molecule has 4 aliphatic rings. The Morgan fingerprint density at radius 2 is 1.90 bits per heavy atom. The van der Waals surface area contributed by atoms with Crippen molar-refractivity contribution in [2.45, 2.75) is 85.9 Å². The number of unbranched alkanes of at least 4 members (excludes halogenated alkanes) is 1. The van der Waals surface area contributed by atoms with E-state index < -0.39 is 28.7 Å². The molecule has 3 saturated heterocycles. The van der Waals surface area contributed by atoms with Crippen molar-refractivity contribution in [2.24, 2.45) is 11.8 Å². The Kier molecular flexibility index (Phi) is 9.05. The molecule has 1 saturated carbocycles. The summed E-state index contributed by atoms with van der Waals surface area (Å²) < 4.78 is 4.97. The monoisotopic (exact) mass is 566 g/mol. The summed E-state index contributed by atoms with van der Waals surface area (Å²) in [7, 11) is 0. The van der Waals surface area contributed by atoms with Gasteiger partial charge in [-0.05, 0) is 44.1 Å². The van der Waals surface area contributed by atoms with Crippen LogP contribution in [0.3, 0.4) is 0 Å². The number of benzene rings is 1. The minimum atomic E-state index is -0.766. The Morgan fingerprint density at radius 3 is 2.58 bits per heavy atom. The molecule has 7 nitrogen and oxygen atoms in total. The van der Waals surface area contributed by atoms with Gasteiger partial charge in [0.15, 0.2) is 0 Å². The van der Waals surface area contributed by atoms with Crippen molar-refractivity contribution in [3.63, 3.8) is 0 Å². The molecule has 8 heteroatoms. The van der Waals surface area contributed by atoms with Gasteiger partial charge in [-0.15, -0.1) is 24.9 Å². The quantitative estimate of drug-likeness (QED) is 0.225. The highest BCUT2D eigenvalue weighted by Crippen LogP contribution is 2.67. The number of allylic oxidation sites excluding steroid dienone is 1. The second-order valence-electron chi connectivity index (χ2n) is 11.6. The van der Waals surface area contributed by atoms with Gasteiger partial charge in [-0.1, -0.05) is 61.7 Å². The molecule has 1 aromatic carbocycles. The van der Waals surface area contributed by atoms with Crippen molar-refractivity contribution in [3.05, 3.63) is 61.2 Å². The van der Waals surface area contributed by atoms with Gasteiger partial charge in [0.2, 0.25) is 11.8 Å². The molecule has 216 valence electrons. The molecule has 3 aliphatic heterocycles. The number of amides is 2. The van der Waals surface area contributed by atoms with Crippen LogP contribution in [0.4, 0.5) is 0 Å². The Balaban J connectivity index is 1.54. The van der Waals surface area contributed by atoms with Crippen LogP contribution in [-0.4, -0.2) is 74.5 Å². The molecule has 0 radical (unpaired) electrons. The SMILES string of the molecule is C=CCCCOC(=O)[C@@H]1[C@@H]2CCC3(S2)C(C(=O)N(CC=C)C2CCCCC2)N([C@H](CO)c2ccccc2)C(=O)[C@H]13. The number of rotatable bonds is 12. The average molecular weight is 567 g/mol. The number of aliphatic hydroxyl groups is 1. The number of likely N-dealkylation sites (tertiary alicyclic amines) is 1. The first-order valence-corrected chi connectivity index (χ1v) is 15.7. The van der Waals surface area contributed by atoms with Crippen molar-refractivity contribution in [2.75, 3.05) is 19.8 Å². The molecule has 3 heterocycles. The average Bonchev–Trinajstić information content (AvgIpc) is 3.63. The predicted octanol–water partition coefficient (Wildman–Crippen LogP) is 4.67. The lowest BCUT2D eigenvalue weighted by Crippen LogP contribution is -2.57. The minimum absolute atomic E-state index is 0.0508. The van der Waals surface area contributed by atoms with Crippen molar-refractivity contribution < 1.29 is 24.2 Å². The highest BCUT2D eigenvalue weighted by Gasteiger charge is 2.75. The van der Waals surface area contributed by atoms with Crippen molar-refractivity contribution in [1.29, 1.82) is 0 Å². The van der Waals surface area contributed by atoms with E-state index >= 15 is 0 Å². The van der Waals surface area contributed by atoms with Gasteiger partial charge in [-0.3, -0.25) is 14.4 Å². The number of thioether (sulfide) groups is 1. The molecular formula is C32H42N2O5S. The molecule has 6 atom stereocenters. The molecular weight excluding hydrogens is 524 g/mol. The van der Waals surface area contributed by atoms with E-state index in [1.54, 1.807) is 28.8 Å². The normalized spacial score (nSPS) is 30.1. The number of hydrogen-bond acceptors (Lipinski definition) is 6. The summed E-state index contributed by atoms with van der Waals surface area (Å²) in [6.07, 6.45) is 11.7. The number of hydrogen-bond donors (Lipinski definition) is 1. The van der Waals surface area contributed by atoms with Crippen LogP contribution in [-0.2, 0) is 19.1 Å². The van der Waals surface area contributed by atoms with Crippen LogP contribution in [0, 0.1) is 11.8 Å². The molecule has 2 amide bonds. The van der Waals surface area contributed by atoms with Crippen LogP contribution >= 0.6 is 11.8 Å². The van der Waals surface area contributed by atoms with Gasteiger partial charge in [0.1, 0.15) is 6.04 Å². The second kappa shape index (κ2) is 12.5.